The van der Waals surface area contributed by atoms with E-state index in [1.54, 1.807) is 0 Å². The van der Waals surface area contributed by atoms with Crippen molar-refractivity contribution < 1.29 is 4.79 Å². The lowest BCUT2D eigenvalue weighted by atomic mass is 9.95. The van der Waals surface area contributed by atoms with Crippen molar-refractivity contribution in [3.63, 3.8) is 0 Å². The summed E-state index contributed by atoms with van der Waals surface area (Å²) < 4.78 is 0. The van der Waals surface area contributed by atoms with Gasteiger partial charge < -0.3 is 4.90 Å². The molecular weight excluding hydrogens is 488 g/mol. The van der Waals surface area contributed by atoms with Gasteiger partial charge in [-0.3, -0.25) is 4.79 Å². The van der Waals surface area contributed by atoms with Crippen LogP contribution in [0, 0.1) is 5.41 Å². The standard InChI is InChI=1S/C33H37NOP2/c1-33(2,3)32(35)34(24-26-36(28-16-8-4-9-17-28)29-18-10-5-11-19-29)25-27-37(30-20-12-6-13-21-30)31-22-14-7-15-23-31/h4-23H,24-27H2,1-3H3. The van der Waals surface area contributed by atoms with Crippen molar-refractivity contribution in [1.82, 2.24) is 4.90 Å². The predicted molar refractivity (Wildman–Crippen MR) is 164 cm³/mol. The Kier molecular flexibility index (Phi) is 9.68. The first-order chi connectivity index (χ1) is 17.9. The Morgan fingerprint density at radius 1 is 0.541 bits per heavy atom. The maximum atomic E-state index is 13.7. The van der Waals surface area contributed by atoms with E-state index < -0.39 is 21.3 Å². The van der Waals surface area contributed by atoms with E-state index in [0.29, 0.717) is 0 Å². The molecule has 0 atom stereocenters. The molecule has 0 aliphatic carbocycles. The molecule has 4 heteroatoms. The molecule has 4 aromatic rings. The number of rotatable bonds is 10. The van der Waals surface area contributed by atoms with E-state index in [9.17, 15) is 4.79 Å². The second kappa shape index (κ2) is 13.1. The van der Waals surface area contributed by atoms with Crippen LogP contribution in [-0.2, 0) is 4.79 Å². The van der Waals surface area contributed by atoms with Crippen LogP contribution >= 0.6 is 15.8 Å². The van der Waals surface area contributed by atoms with E-state index in [0.717, 1.165) is 25.4 Å². The Balaban J connectivity index is 1.57. The molecule has 0 aromatic heterocycles. The second-order valence-electron chi connectivity index (χ2n) is 10.2. The van der Waals surface area contributed by atoms with Crippen LogP contribution in [0.15, 0.2) is 121 Å². The SMILES string of the molecule is CC(C)(C)C(=O)N(CCP(c1ccccc1)c1ccccc1)CCP(c1ccccc1)c1ccccc1. The van der Waals surface area contributed by atoms with Gasteiger partial charge in [0.15, 0.2) is 0 Å². The molecule has 0 aliphatic heterocycles. The minimum Gasteiger partial charge on any atom is -0.341 e. The Hall–Kier alpha value is -2.79. The van der Waals surface area contributed by atoms with Gasteiger partial charge in [0, 0.05) is 18.5 Å². The average molecular weight is 526 g/mol. The number of hydrogen-bond acceptors (Lipinski definition) is 1. The fraction of sp³-hybridized carbons (Fsp3) is 0.242. The van der Waals surface area contributed by atoms with Gasteiger partial charge in [-0.15, -0.1) is 0 Å². The van der Waals surface area contributed by atoms with Gasteiger partial charge in [0.1, 0.15) is 0 Å². The van der Waals surface area contributed by atoms with Gasteiger partial charge in [-0.2, -0.15) is 0 Å². The molecule has 0 heterocycles. The Morgan fingerprint density at radius 3 is 1.05 bits per heavy atom. The normalized spacial score (nSPS) is 11.6. The highest BCUT2D eigenvalue weighted by atomic mass is 31.1. The van der Waals surface area contributed by atoms with Crippen LogP contribution in [0.4, 0.5) is 0 Å². The minimum atomic E-state index is -0.546. The molecule has 37 heavy (non-hydrogen) atoms. The number of amides is 1. The maximum absolute atomic E-state index is 13.7. The lowest BCUT2D eigenvalue weighted by molar-refractivity contribution is -0.138. The third-order valence-corrected chi connectivity index (χ3v) is 11.4. The molecule has 0 unspecified atom stereocenters. The van der Waals surface area contributed by atoms with E-state index in [1.807, 2.05) is 20.8 Å². The van der Waals surface area contributed by atoms with Gasteiger partial charge in [0.05, 0.1) is 0 Å². The first-order valence-corrected chi connectivity index (χ1v) is 16.0. The summed E-state index contributed by atoms with van der Waals surface area (Å²) in [5.41, 5.74) is -0.412. The van der Waals surface area contributed by atoms with Gasteiger partial charge >= 0.3 is 0 Å². The molecule has 4 rings (SSSR count). The van der Waals surface area contributed by atoms with Crippen molar-refractivity contribution in [2.75, 3.05) is 25.4 Å². The number of hydrogen-bond donors (Lipinski definition) is 0. The van der Waals surface area contributed by atoms with E-state index in [1.165, 1.54) is 21.2 Å². The number of nitrogens with zero attached hydrogens (tertiary/aromatic N) is 1. The predicted octanol–water partition coefficient (Wildman–Crippen LogP) is 6.13. The molecule has 0 N–H and O–H groups in total. The number of carbonyl (C=O) groups is 1. The molecular formula is C33H37NOP2. The van der Waals surface area contributed by atoms with Gasteiger partial charge in [-0.05, 0) is 49.4 Å². The lowest BCUT2D eigenvalue weighted by Crippen LogP contribution is -2.43. The molecule has 0 spiro atoms. The third kappa shape index (κ3) is 7.61. The highest BCUT2D eigenvalue weighted by Gasteiger charge is 2.29. The Labute approximate surface area is 225 Å². The summed E-state index contributed by atoms with van der Waals surface area (Å²) in [5.74, 6) is 0.236. The van der Waals surface area contributed by atoms with Gasteiger partial charge in [-0.25, -0.2) is 0 Å². The summed E-state index contributed by atoms with van der Waals surface area (Å²) in [6.07, 6.45) is 1.92. The Morgan fingerprint density at radius 2 is 0.811 bits per heavy atom. The molecule has 2 nitrogen and oxygen atoms in total. The van der Waals surface area contributed by atoms with E-state index in [-0.39, 0.29) is 5.91 Å². The molecule has 0 fully saturated rings. The fourth-order valence-electron chi connectivity index (χ4n) is 4.48. The van der Waals surface area contributed by atoms with Crippen LogP contribution < -0.4 is 21.2 Å². The van der Waals surface area contributed by atoms with Crippen LogP contribution in [-0.4, -0.2) is 36.2 Å². The molecule has 0 bridgehead atoms. The van der Waals surface area contributed by atoms with Gasteiger partial charge in [-0.1, -0.05) is 142 Å². The van der Waals surface area contributed by atoms with E-state index >= 15 is 0 Å². The zero-order valence-electron chi connectivity index (χ0n) is 22.1. The highest BCUT2D eigenvalue weighted by molar-refractivity contribution is 7.73. The van der Waals surface area contributed by atoms with E-state index in [2.05, 4.69) is 126 Å². The smallest absolute Gasteiger partial charge is 0.227 e. The van der Waals surface area contributed by atoms with Crippen molar-refractivity contribution in [2.24, 2.45) is 5.41 Å². The summed E-state index contributed by atoms with van der Waals surface area (Å²) in [4.78, 5) is 15.8. The molecule has 0 radical (unpaired) electrons. The number of benzene rings is 4. The van der Waals surface area contributed by atoms with Crippen molar-refractivity contribution >= 4 is 43.0 Å². The van der Waals surface area contributed by atoms with E-state index in [4.69, 9.17) is 0 Å². The largest absolute Gasteiger partial charge is 0.341 e. The van der Waals surface area contributed by atoms with Gasteiger partial charge in [0.2, 0.25) is 5.91 Å². The maximum Gasteiger partial charge on any atom is 0.227 e. The second-order valence-corrected chi connectivity index (χ2v) is 14.9. The zero-order valence-corrected chi connectivity index (χ0v) is 23.9. The molecule has 0 aliphatic rings. The molecule has 4 aromatic carbocycles. The summed E-state index contributed by atoms with van der Waals surface area (Å²) in [6.45, 7) is 7.64. The van der Waals surface area contributed by atoms with Crippen LogP contribution in [0.3, 0.4) is 0 Å². The summed E-state index contributed by atoms with van der Waals surface area (Å²) >= 11 is 0. The van der Waals surface area contributed by atoms with Crippen LogP contribution in [0.25, 0.3) is 0 Å². The topological polar surface area (TPSA) is 20.3 Å². The average Bonchev–Trinajstić information content (AvgIpc) is 2.93. The van der Waals surface area contributed by atoms with Crippen molar-refractivity contribution in [3.05, 3.63) is 121 Å². The summed E-state index contributed by atoms with van der Waals surface area (Å²) in [5, 5.41) is 5.45. The Bertz CT molecular complexity index is 1060. The molecule has 0 saturated heterocycles. The van der Waals surface area contributed by atoms with Crippen LogP contribution in [0.5, 0.6) is 0 Å². The lowest BCUT2D eigenvalue weighted by Gasteiger charge is -2.32. The molecule has 0 saturated carbocycles. The van der Waals surface area contributed by atoms with Crippen molar-refractivity contribution in [1.29, 1.82) is 0 Å². The highest BCUT2D eigenvalue weighted by Crippen LogP contribution is 2.36. The first-order valence-electron chi connectivity index (χ1n) is 13.0. The number of carbonyl (C=O) groups excluding carboxylic acids is 1. The summed E-state index contributed by atoms with van der Waals surface area (Å²) in [6, 6.07) is 43.2. The zero-order chi connectivity index (χ0) is 26.1. The summed E-state index contributed by atoms with van der Waals surface area (Å²) in [7, 11) is -1.09. The third-order valence-electron chi connectivity index (χ3n) is 6.39. The molecule has 190 valence electrons. The van der Waals surface area contributed by atoms with Crippen LogP contribution in [0.2, 0.25) is 0 Å². The fourth-order valence-corrected chi connectivity index (χ4v) is 9.12. The van der Waals surface area contributed by atoms with Crippen molar-refractivity contribution in [2.45, 2.75) is 20.8 Å². The molecule has 1 amide bonds. The van der Waals surface area contributed by atoms with Gasteiger partial charge in [0.25, 0.3) is 0 Å². The minimum absolute atomic E-state index is 0.236. The monoisotopic (exact) mass is 525 g/mol. The van der Waals surface area contributed by atoms with Crippen LogP contribution in [0.1, 0.15) is 20.8 Å². The first kappa shape index (κ1) is 27.3. The quantitative estimate of drug-likeness (QED) is 0.228. The van der Waals surface area contributed by atoms with Crippen molar-refractivity contribution in [3.8, 4) is 0 Å².